The van der Waals surface area contributed by atoms with Gasteiger partial charge in [-0.1, -0.05) is 34.8 Å². The van der Waals surface area contributed by atoms with Crippen molar-refractivity contribution >= 4 is 63.9 Å². The lowest BCUT2D eigenvalue weighted by Gasteiger charge is -2.07. The van der Waals surface area contributed by atoms with Crippen molar-refractivity contribution in [3.63, 3.8) is 0 Å². The summed E-state index contributed by atoms with van der Waals surface area (Å²) < 4.78 is 0. The molecule has 2 aromatic heterocycles. The fraction of sp³-hybridized carbons (Fsp3) is 0. The Morgan fingerprint density at radius 1 is 1.40 bits per heavy atom. The van der Waals surface area contributed by atoms with Crippen LogP contribution in [0.15, 0.2) is 21.9 Å². The first-order valence-corrected chi connectivity index (χ1v) is 7.24. The second-order valence-electron chi connectivity index (χ2n) is 3.55. The molecule has 0 aliphatic heterocycles. The number of thiophene rings is 1. The van der Waals surface area contributed by atoms with Gasteiger partial charge in [0.25, 0.3) is 5.91 Å². The topological polar surface area (TPSA) is 80.4 Å². The molecule has 5 nitrogen and oxygen atoms in total. The van der Waals surface area contributed by atoms with Crippen LogP contribution in [0.2, 0.25) is 15.2 Å². The van der Waals surface area contributed by atoms with Crippen LogP contribution in [0.25, 0.3) is 0 Å². The van der Waals surface area contributed by atoms with Gasteiger partial charge in [0.05, 0.1) is 16.9 Å². The van der Waals surface area contributed by atoms with Gasteiger partial charge in [0.1, 0.15) is 5.02 Å². The molecule has 0 aliphatic rings. The number of rotatable bonds is 3. The number of pyridine rings is 1. The summed E-state index contributed by atoms with van der Waals surface area (Å²) in [7, 11) is 0. The molecule has 0 spiro atoms. The van der Waals surface area contributed by atoms with Gasteiger partial charge in [-0.05, 0) is 16.8 Å². The van der Waals surface area contributed by atoms with E-state index in [4.69, 9.17) is 40.5 Å². The van der Waals surface area contributed by atoms with E-state index < -0.39 is 5.91 Å². The van der Waals surface area contributed by atoms with E-state index >= 15 is 0 Å². The van der Waals surface area contributed by atoms with Gasteiger partial charge < -0.3 is 5.73 Å². The summed E-state index contributed by atoms with van der Waals surface area (Å²) in [5.41, 5.74) is 8.63. The van der Waals surface area contributed by atoms with Gasteiger partial charge in [-0.3, -0.25) is 4.79 Å². The summed E-state index contributed by atoms with van der Waals surface area (Å²) in [5.74, 6) is -0.633. The number of nitrogens with one attached hydrogen (secondary N) is 1. The lowest BCUT2D eigenvalue weighted by molar-refractivity contribution is 0.0950. The molecule has 2 rings (SSSR count). The number of amides is 1. The average molecular weight is 350 g/mol. The van der Waals surface area contributed by atoms with Crippen molar-refractivity contribution in [1.29, 1.82) is 0 Å². The molecule has 0 aliphatic carbocycles. The molecule has 9 heteroatoms. The van der Waals surface area contributed by atoms with E-state index in [-0.39, 0.29) is 26.6 Å². The fourth-order valence-corrected chi connectivity index (χ4v) is 2.45. The Bertz CT molecular complexity index is 673. The first kappa shape index (κ1) is 15.1. The Morgan fingerprint density at radius 3 is 2.80 bits per heavy atom. The molecule has 20 heavy (non-hydrogen) atoms. The zero-order valence-electron chi connectivity index (χ0n) is 9.73. The van der Waals surface area contributed by atoms with Gasteiger partial charge in [-0.2, -0.15) is 16.4 Å². The zero-order valence-corrected chi connectivity index (χ0v) is 12.8. The number of aromatic nitrogens is 1. The van der Waals surface area contributed by atoms with Crippen LogP contribution in [0.4, 0.5) is 5.69 Å². The highest BCUT2D eigenvalue weighted by molar-refractivity contribution is 7.08. The summed E-state index contributed by atoms with van der Waals surface area (Å²) in [6.07, 6.45) is 1.49. The average Bonchev–Trinajstić information content (AvgIpc) is 2.93. The van der Waals surface area contributed by atoms with Crippen LogP contribution < -0.4 is 11.2 Å². The minimum atomic E-state index is -0.633. The smallest absolute Gasteiger partial charge is 0.291 e. The molecule has 0 saturated carbocycles. The van der Waals surface area contributed by atoms with E-state index in [1.807, 2.05) is 16.8 Å². The van der Waals surface area contributed by atoms with Gasteiger partial charge in [0, 0.05) is 5.56 Å². The number of halogens is 3. The molecular formula is C11H7Cl3N4OS. The molecular weight excluding hydrogens is 343 g/mol. The van der Waals surface area contributed by atoms with Crippen molar-refractivity contribution in [3.8, 4) is 0 Å². The quantitative estimate of drug-likeness (QED) is 0.506. The van der Waals surface area contributed by atoms with E-state index in [0.717, 1.165) is 5.56 Å². The highest BCUT2D eigenvalue weighted by Gasteiger charge is 2.19. The van der Waals surface area contributed by atoms with Crippen LogP contribution in [0.3, 0.4) is 0 Å². The van der Waals surface area contributed by atoms with E-state index in [2.05, 4.69) is 15.5 Å². The van der Waals surface area contributed by atoms with Crippen molar-refractivity contribution in [3.05, 3.63) is 43.3 Å². The Kier molecular flexibility index (Phi) is 4.82. The van der Waals surface area contributed by atoms with E-state index in [1.54, 1.807) is 0 Å². The molecule has 104 valence electrons. The SMILES string of the molecule is Nc1c(Cl)c(Cl)nc(C(=O)N/N=C/c2ccsc2)c1Cl. The first-order chi connectivity index (χ1) is 9.50. The van der Waals surface area contributed by atoms with Crippen LogP contribution in [-0.2, 0) is 0 Å². The molecule has 0 saturated heterocycles. The highest BCUT2D eigenvalue weighted by atomic mass is 35.5. The Morgan fingerprint density at radius 2 is 2.15 bits per heavy atom. The summed E-state index contributed by atoms with van der Waals surface area (Å²) in [4.78, 5) is 15.7. The number of hydrogen-bond acceptors (Lipinski definition) is 5. The van der Waals surface area contributed by atoms with Gasteiger partial charge in [-0.25, -0.2) is 10.4 Å². The minimum Gasteiger partial charge on any atom is -0.396 e. The van der Waals surface area contributed by atoms with E-state index in [9.17, 15) is 4.79 Å². The monoisotopic (exact) mass is 348 g/mol. The van der Waals surface area contributed by atoms with Gasteiger partial charge in [-0.15, -0.1) is 0 Å². The van der Waals surface area contributed by atoms with Crippen LogP contribution in [0, 0.1) is 0 Å². The Balaban J connectivity index is 2.18. The molecule has 0 atom stereocenters. The van der Waals surface area contributed by atoms with Crippen molar-refractivity contribution < 1.29 is 4.79 Å². The molecule has 2 aromatic rings. The third-order valence-electron chi connectivity index (χ3n) is 2.21. The normalized spacial score (nSPS) is 10.9. The van der Waals surface area contributed by atoms with Crippen molar-refractivity contribution in [2.45, 2.75) is 0 Å². The highest BCUT2D eigenvalue weighted by Crippen LogP contribution is 2.34. The summed E-state index contributed by atoms with van der Waals surface area (Å²) in [6.45, 7) is 0. The molecule has 0 aromatic carbocycles. The maximum Gasteiger partial charge on any atom is 0.291 e. The number of hydrogen-bond donors (Lipinski definition) is 2. The van der Waals surface area contributed by atoms with Crippen LogP contribution >= 0.6 is 46.1 Å². The minimum absolute atomic E-state index is 0.000275. The number of nitrogens with zero attached hydrogens (tertiary/aromatic N) is 2. The number of carbonyl (C=O) groups excluding carboxylic acids is 1. The third-order valence-corrected chi connectivity index (χ3v) is 4.05. The summed E-state index contributed by atoms with van der Waals surface area (Å²) >= 11 is 18.9. The maximum atomic E-state index is 11.9. The molecule has 0 bridgehead atoms. The number of anilines is 1. The predicted molar refractivity (Wildman–Crippen MR) is 83.1 cm³/mol. The standard InChI is InChI=1S/C11H7Cl3N4OS/c12-6-8(15)7(13)10(14)17-9(6)11(19)18-16-3-5-1-2-20-4-5/h1-4H,(H2,15,17)(H,18,19)/b16-3+. The maximum absolute atomic E-state index is 11.9. The summed E-state index contributed by atoms with van der Waals surface area (Å²) in [5, 5.41) is 7.39. The van der Waals surface area contributed by atoms with Crippen LogP contribution in [0.5, 0.6) is 0 Å². The number of nitrogens with two attached hydrogens (primary N) is 1. The third kappa shape index (κ3) is 3.21. The molecule has 0 fully saturated rings. The molecule has 0 unspecified atom stereocenters. The predicted octanol–water partition coefficient (Wildman–Crippen LogP) is 3.45. The second kappa shape index (κ2) is 6.41. The Hall–Kier alpha value is -1.34. The fourth-order valence-electron chi connectivity index (χ4n) is 1.25. The van der Waals surface area contributed by atoms with E-state index in [0.29, 0.717) is 0 Å². The summed E-state index contributed by atoms with van der Waals surface area (Å²) in [6, 6.07) is 1.85. The lowest BCUT2D eigenvalue weighted by Crippen LogP contribution is -2.20. The largest absolute Gasteiger partial charge is 0.396 e. The number of nitrogen functional groups attached to an aromatic ring is 1. The first-order valence-electron chi connectivity index (χ1n) is 5.16. The van der Waals surface area contributed by atoms with Crippen molar-refractivity contribution in [2.75, 3.05) is 5.73 Å². The molecule has 3 N–H and O–H groups in total. The van der Waals surface area contributed by atoms with Crippen molar-refractivity contribution in [1.82, 2.24) is 10.4 Å². The molecule has 2 heterocycles. The number of carbonyl (C=O) groups is 1. The van der Waals surface area contributed by atoms with Gasteiger partial charge >= 0.3 is 0 Å². The number of hydrazone groups is 1. The van der Waals surface area contributed by atoms with E-state index in [1.165, 1.54) is 17.6 Å². The molecule has 1 amide bonds. The van der Waals surface area contributed by atoms with Gasteiger partial charge in [0.2, 0.25) is 0 Å². The second-order valence-corrected chi connectivity index (χ2v) is 5.44. The van der Waals surface area contributed by atoms with Crippen LogP contribution in [0.1, 0.15) is 16.1 Å². The molecule has 0 radical (unpaired) electrons. The van der Waals surface area contributed by atoms with Gasteiger partial charge in [0.15, 0.2) is 10.8 Å². The zero-order chi connectivity index (χ0) is 14.7. The van der Waals surface area contributed by atoms with Crippen LogP contribution in [-0.4, -0.2) is 17.1 Å². The van der Waals surface area contributed by atoms with Crippen molar-refractivity contribution in [2.24, 2.45) is 5.10 Å². The lowest BCUT2D eigenvalue weighted by atomic mass is 10.3. The Labute approximate surface area is 133 Å².